The Morgan fingerprint density at radius 2 is 1.87 bits per heavy atom. The van der Waals surface area contributed by atoms with Crippen molar-refractivity contribution in [1.29, 1.82) is 0 Å². The van der Waals surface area contributed by atoms with Crippen LogP contribution in [0.15, 0.2) is 66.9 Å². The molecule has 2 aromatic carbocycles. The quantitative estimate of drug-likeness (QED) is 0.284. The lowest BCUT2D eigenvalue weighted by Crippen LogP contribution is -2.55. The number of hydrogen-bond acceptors (Lipinski definition) is 4. The van der Waals surface area contributed by atoms with E-state index >= 15 is 0 Å². The summed E-state index contributed by atoms with van der Waals surface area (Å²) in [6.45, 7) is 0. The lowest BCUT2D eigenvalue weighted by molar-refractivity contribution is -0.253. The number of rotatable bonds is 9. The first kappa shape index (κ1) is 28.6. The van der Waals surface area contributed by atoms with Gasteiger partial charge in [0, 0.05) is 18.7 Å². The number of carbonyl (C=O) groups is 1. The molecule has 208 valence electrons. The summed E-state index contributed by atoms with van der Waals surface area (Å²) in [5.74, 6) is -1.96. The third-order valence-corrected chi connectivity index (χ3v) is 6.70. The second-order valence-corrected chi connectivity index (χ2v) is 9.71. The van der Waals surface area contributed by atoms with E-state index in [0.29, 0.717) is 30.9 Å². The van der Waals surface area contributed by atoms with Gasteiger partial charge in [-0.05, 0) is 54.7 Å². The third-order valence-electron chi connectivity index (χ3n) is 6.47. The summed E-state index contributed by atoms with van der Waals surface area (Å²) in [6.07, 6.45) is -6.87. The van der Waals surface area contributed by atoms with Crippen LogP contribution in [0.4, 0.5) is 26.7 Å². The number of aromatic nitrogens is 1. The molecule has 39 heavy (non-hydrogen) atoms. The molecule has 1 aliphatic rings. The minimum absolute atomic E-state index is 0.0583. The maximum absolute atomic E-state index is 14.9. The van der Waals surface area contributed by atoms with Gasteiger partial charge in [0.25, 0.3) is 0 Å². The highest BCUT2D eigenvalue weighted by molar-refractivity contribution is 6.30. The van der Waals surface area contributed by atoms with E-state index in [9.17, 15) is 31.9 Å². The molecule has 1 fully saturated rings. The number of hydrogen-bond donors (Lipinski definition) is 3. The summed E-state index contributed by atoms with van der Waals surface area (Å²) in [5.41, 5.74) is -1.04. The van der Waals surface area contributed by atoms with E-state index in [1.165, 1.54) is 18.3 Å². The van der Waals surface area contributed by atoms with Crippen LogP contribution in [-0.2, 0) is 12.0 Å². The van der Waals surface area contributed by atoms with Crippen LogP contribution in [-0.4, -0.2) is 40.8 Å². The van der Waals surface area contributed by atoms with Crippen LogP contribution in [0.1, 0.15) is 36.1 Å². The summed E-state index contributed by atoms with van der Waals surface area (Å²) in [4.78, 5) is 17.7. The Labute approximate surface area is 226 Å². The van der Waals surface area contributed by atoms with Crippen LogP contribution in [0.2, 0.25) is 5.02 Å². The number of alkyl halides is 4. The molecular weight excluding hydrogens is 545 g/mol. The van der Waals surface area contributed by atoms with Crippen LogP contribution in [0.5, 0.6) is 5.75 Å². The van der Waals surface area contributed by atoms with E-state index in [0.717, 1.165) is 12.1 Å². The normalized spacial score (nSPS) is 19.0. The molecule has 0 unspecified atom stereocenters. The lowest BCUT2D eigenvalue weighted by atomic mass is 9.80. The van der Waals surface area contributed by atoms with Crippen molar-refractivity contribution >= 4 is 17.6 Å². The molecule has 2 amide bonds. The van der Waals surface area contributed by atoms with Gasteiger partial charge in [0.2, 0.25) is 0 Å². The van der Waals surface area contributed by atoms with E-state index < -0.39 is 47.8 Å². The van der Waals surface area contributed by atoms with Gasteiger partial charge < -0.3 is 20.5 Å². The van der Waals surface area contributed by atoms with Crippen molar-refractivity contribution in [3.05, 3.63) is 94.5 Å². The van der Waals surface area contributed by atoms with Crippen LogP contribution in [0.25, 0.3) is 0 Å². The molecule has 0 aliphatic heterocycles. The van der Waals surface area contributed by atoms with Gasteiger partial charge in [-0.1, -0.05) is 41.9 Å². The number of halogens is 6. The summed E-state index contributed by atoms with van der Waals surface area (Å²) in [7, 11) is 0. The molecule has 1 heterocycles. The van der Waals surface area contributed by atoms with Crippen molar-refractivity contribution in [2.75, 3.05) is 0 Å². The van der Waals surface area contributed by atoms with Crippen LogP contribution in [0, 0.1) is 5.82 Å². The summed E-state index contributed by atoms with van der Waals surface area (Å²) < 4.78 is 72.2. The molecule has 1 aromatic heterocycles. The van der Waals surface area contributed by atoms with Crippen LogP contribution >= 0.6 is 11.6 Å². The fourth-order valence-corrected chi connectivity index (χ4v) is 4.74. The number of aliphatic hydroxyl groups excluding tert-OH is 1. The predicted molar refractivity (Wildman–Crippen MR) is 133 cm³/mol. The Bertz CT molecular complexity index is 1280. The molecule has 4 rings (SSSR count). The van der Waals surface area contributed by atoms with E-state index in [2.05, 4.69) is 20.4 Å². The first-order valence-corrected chi connectivity index (χ1v) is 12.4. The molecular formula is C27H25ClF5N3O3. The van der Waals surface area contributed by atoms with Crippen molar-refractivity contribution in [3.63, 3.8) is 0 Å². The van der Waals surface area contributed by atoms with Crippen LogP contribution in [0.3, 0.4) is 0 Å². The number of ether oxygens (including phenoxy) is 1. The zero-order valence-corrected chi connectivity index (χ0v) is 21.1. The predicted octanol–water partition coefficient (Wildman–Crippen LogP) is 5.81. The van der Waals surface area contributed by atoms with Crippen molar-refractivity contribution in [2.24, 2.45) is 0 Å². The second-order valence-electron chi connectivity index (χ2n) is 9.27. The largest absolute Gasteiger partial charge is 0.461 e. The molecule has 0 saturated heterocycles. The SMILES string of the molecule is O=C(N[C@H]1CCC[C@H]1O)N[C@@](Cc1ccccc1)(c1cc(F)cc(OC(F)(F)C(F)F)c1)c1ccc(Cl)cn1. The zero-order valence-electron chi connectivity index (χ0n) is 20.4. The topological polar surface area (TPSA) is 83.5 Å². The van der Waals surface area contributed by atoms with E-state index in [1.54, 1.807) is 30.3 Å². The second kappa shape index (κ2) is 11.7. The van der Waals surface area contributed by atoms with Gasteiger partial charge in [-0.25, -0.2) is 9.18 Å². The molecule has 0 bridgehead atoms. The molecule has 3 aromatic rings. The van der Waals surface area contributed by atoms with E-state index in [-0.39, 0.29) is 22.7 Å². The van der Waals surface area contributed by atoms with Crippen molar-refractivity contribution in [2.45, 2.75) is 55.9 Å². The first-order valence-electron chi connectivity index (χ1n) is 12.1. The highest BCUT2D eigenvalue weighted by Gasteiger charge is 2.45. The minimum Gasteiger partial charge on any atom is -0.428 e. The van der Waals surface area contributed by atoms with Crippen molar-refractivity contribution in [1.82, 2.24) is 15.6 Å². The number of amides is 2. The maximum Gasteiger partial charge on any atom is 0.461 e. The Morgan fingerprint density at radius 1 is 1.13 bits per heavy atom. The van der Waals surface area contributed by atoms with Gasteiger partial charge >= 0.3 is 18.6 Å². The number of benzene rings is 2. The minimum atomic E-state index is -4.89. The van der Waals surface area contributed by atoms with Gasteiger partial charge in [-0.15, -0.1) is 0 Å². The molecule has 0 radical (unpaired) electrons. The maximum atomic E-state index is 14.9. The number of aliphatic hydroxyl groups is 1. The fraction of sp³-hybridized carbons (Fsp3) is 0.333. The van der Waals surface area contributed by atoms with E-state index in [1.807, 2.05) is 0 Å². The van der Waals surface area contributed by atoms with E-state index in [4.69, 9.17) is 11.6 Å². The Kier molecular flexibility index (Phi) is 8.60. The molecule has 1 saturated carbocycles. The van der Waals surface area contributed by atoms with Gasteiger partial charge in [0.1, 0.15) is 17.1 Å². The highest BCUT2D eigenvalue weighted by atomic mass is 35.5. The van der Waals surface area contributed by atoms with Gasteiger partial charge in [0.05, 0.1) is 22.9 Å². The molecule has 6 nitrogen and oxygen atoms in total. The molecule has 1 aliphatic carbocycles. The van der Waals surface area contributed by atoms with Crippen molar-refractivity contribution < 1.29 is 36.6 Å². The van der Waals surface area contributed by atoms with Gasteiger partial charge in [-0.3, -0.25) is 4.98 Å². The number of pyridine rings is 1. The number of urea groups is 1. The third kappa shape index (κ3) is 6.77. The standard InChI is InChI=1S/C27H25ClF5N3O3/c28-18-9-10-23(34-15-18)26(14-16-5-2-1-3-6-16,36-25(38)35-21-7-4-8-22(21)37)17-11-19(29)13-20(12-17)39-27(32,33)24(30)31/h1-3,5-6,9-13,15,21-22,24,37H,4,7-8,14H2,(H2,35,36,38)/t21-,22+,26-/m0/s1. The zero-order chi connectivity index (χ0) is 28.2. The summed E-state index contributed by atoms with van der Waals surface area (Å²) in [6, 6.07) is 12.8. The average Bonchev–Trinajstić information content (AvgIpc) is 3.27. The average molecular weight is 570 g/mol. The number of carbonyl (C=O) groups excluding carboxylic acids is 1. The summed E-state index contributed by atoms with van der Waals surface area (Å²) in [5, 5.41) is 15.9. The Balaban J connectivity index is 1.86. The number of nitrogens with zero attached hydrogens (tertiary/aromatic N) is 1. The Morgan fingerprint density at radius 3 is 2.49 bits per heavy atom. The number of nitrogens with one attached hydrogen (secondary N) is 2. The monoisotopic (exact) mass is 569 g/mol. The molecule has 3 atom stereocenters. The molecule has 12 heteroatoms. The van der Waals surface area contributed by atoms with Crippen molar-refractivity contribution in [3.8, 4) is 5.75 Å². The first-order chi connectivity index (χ1) is 18.5. The Hall–Kier alpha value is -3.44. The van der Waals surface area contributed by atoms with Gasteiger partial charge in [0.15, 0.2) is 0 Å². The molecule has 0 spiro atoms. The smallest absolute Gasteiger partial charge is 0.428 e. The van der Waals surface area contributed by atoms with Gasteiger partial charge in [-0.2, -0.15) is 17.6 Å². The summed E-state index contributed by atoms with van der Waals surface area (Å²) >= 11 is 6.03. The lowest BCUT2D eigenvalue weighted by Gasteiger charge is -2.36. The molecule has 3 N–H and O–H groups in total. The fourth-order valence-electron chi connectivity index (χ4n) is 4.63. The van der Waals surface area contributed by atoms with Crippen LogP contribution < -0.4 is 15.4 Å². The highest BCUT2D eigenvalue weighted by Crippen LogP contribution is 2.37.